The van der Waals surface area contributed by atoms with Gasteiger partial charge in [0.05, 0.1) is 6.04 Å². The monoisotopic (exact) mass is 462 g/mol. The van der Waals surface area contributed by atoms with Crippen LogP contribution in [0.3, 0.4) is 0 Å². The summed E-state index contributed by atoms with van der Waals surface area (Å²) >= 11 is 0. The van der Waals surface area contributed by atoms with E-state index in [-0.39, 0.29) is 24.0 Å². The maximum atomic E-state index is 13.2. The van der Waals surface area contributed by atoms with Crippen molar-refractivity contribution in [1.29, 1.82) is 0 Å². The van der Waals surface area contributed by atoms with E-state index in [9.17, 15) is 9.59 Å². The van der Waals surface area contributed by atoms with Gasteiger partial charge >= 0.3 is 6.03 Å². The molecule has 6 heteroatoms. The molecule has 2 saturated heterocycles. The molecule has 0 radical (unpaired) electrons. The number of carbonyl (C=O) groups is 2. The average Bonchev–Trinajstić information content (AvgIpc) is 3.35. The molecule has 2 aromatic carbocycles. The Bertz CT molecular complexity index is 972. The molecule has 4 rings (SSSR count). The van der Waals surface area contributed by atoms with Gasteiger partial charge < -0.3 is 20.4 Å². The van der Waals surface area contributed by atoms with Gasteiger partial charge in [-0.05, 0) is 62.6 Å². The second kappa shape index (κ2) is 10.6. The number of hydrogen-bond donors (Lipinski definition) is 2. The lowest BCUT2D eigenvalue weighted by atomic mass is 10.0. The standard InChI is InChI=1S/C28H38N4O2/c1-19(2)29-28(34)30-25(22-11-6-5-7-12-22)13-14-31-15-23-17-32(18-24(23)16-31)27(33)26-20(3)9-8-10-21(26)4/h5-12,19,23-25H,13-18H2,1-4H3,(H2,29,30,34). The number of hydrogen-bond acceptors (Lipinski definition) is 3. The van der Waals surface area contributed by atoms with Crippen LogP contribution < -0.4 is 10.6 Å². The molecule has 3 unspecified atom stereocenters. The molecule has 2 N–H and O–H groups in total. The van der Waals surface area contributed by atoms with Gasteiger partial charge in [-0.15, -0.1) is 0 Å². The molecule has 0 spiro atoms. The molecule has 0 saturated carbocycles. The SMILES string of the molecule is Cc1cccc(C)c1C(=O)N1CC2CN(CCC(NC(=O)NC(C)C)c3ccccc3)CC2C1. The number of carbonyl (C=O) groups excluding carboxylic acids is 2. The average molecular weight is 463 g/mol. The Kier molecular flexibility index (Phi) is 7.57. The van der Waals surface area contributed by atoms with E-state index in [1.807, 2.05) is 64.1 Å². The molecule has 2 fully saturated rings. The number of amides is 3. The fourth-order valence-electron chi connectivity index (χ4n) is 5.53. The lowest BCUT2D eigenvalue weighted by Gasteiger charge is -2.25. The molecule has 0 aromatic heterocycles. The van der Waals surface area contributed by atoms with E-state index < -0.39 is 0 Å². The van der Waals surface area contributed by atoms with Crippen molar-refractivity contribution in [1.82, 2.24) is 20.4 Å². The van der Waals surface area contributed by atoms with Crippen LogP contribution in [0.25, 0.3) is 0 Å². The summed E-state index contributed by atoms with van der Waals surface area (Å²) in [6.07, 6.45) is 0.861. The third-order valence-electron chi connectivity index (χ3n) is 7.21. The first kappa shape index (κ1) is 24.3. The molecule has 2 aliphatic rings. The summed E-state index contributed by atoms with van der Waals surface area (Å²) in [6.45, 7) is 12.6. The highest BCUT2D eigenvalue weighted by atomic mass is 16.2. The number of likely N-dealkylation sites (tertiary alicyclic amines) is 2. The third-order valence-corrected chi connectivity index (χ3v) is 7.21. The topological polar surface area (TPSA) is 64.7 Å². The zero-order valence-electron chi connectivity index (χ0n) is 20.9. The van der Waals surface area contributed by atoms with Crippen molar-refractivity contribution in [2.75, 3.05) is 32.7 Å². The molecule has 3 amide bonds. The van der Waals surface area contributed by atoms with E-state index >= 15 is 0 Å². The van der Waals surface area contributed by atoms with Crippen molar-refractivity contribution in [3.8, 4) is 0 Å². The second-order valence-electron chi connectivity index (χ2n) is 10.3. The van der Waals surface area contributed by atoms with Crippen LogP contribution >= 0.6 is 0 Å². The number of fused-ring (bicyclic) bond motifs is 1. The van der Waals surface area contributed by atoms with Gasteiger partial charge in [0.1, 0.15) is 0 Å². The normalized spacial score (nSPS) is 20.9. The minimum Gasteiger partial charge on any atom is -0.338 e. The molecule has 0 bridgehead atoms. The summed E-state index contributed by atoms with van der Waals surface area (Å²) in [5.74, 6) is 1.24. The van der Waals surface area contributed by atoms with Crippen LogP contribution in [0.4, 0.5) is 4.79 Å². The van der Waals surface area contributed by atoms with Crippen LogP contribution in [0.1, 0.15) is 53.4 Å². The summed E-state index contributed by atoms with van der Waals surface area (Å²) < 4.78 is 0. The van der Waals surface area contributed by atoms with E-state index in [0.29, 0.717) is 11.8 Å². The predicted molar refractivity (Wildman–Crippen MR) is 136 cm³/mol. The van der Waals surface area contributed by atoms with Gasteiger partial charge in [0.15, 0.2) is 0 Å². The first-order valence-electron chi connectivity index (χ1n) is 12.5. The maximum absolute atomic E-state index is 13.2. The van der Waals surface area contributed by atoms with Crippen molar-refractivity contribution in [2.45, 2.75) is 46.2 Å². The van der Waals surface area contributed by atoms with Gasteiger partial charge in [0, 0.05) is 44.3 Å². The van der Waals surface area contributed by atoms with Crippen LogP contribution in [-0.4, -0.2) is 60.5 Å². The molecule has 182 valence electrons. The Labute approximate surface area is 203 Å². The molecule has 2 aliphatic heterocycles. The molecule has 0 aliphatic carbocycles. The van der Waals surface area contributed by atoms with Gasteiger partial charge in [-0.2, -0.15) is 0 Å². The van der Waals surface area contributed by atoms with Gasteiger partial charge in [0.25, 0.3) is 5.91 Å². The van der Waals surface area contributed by atoms with Crippen LogP contribution in [0, 0.1) is 25.7 Å². The van der Waals surface area contributed by atoms with Gasteiger partial charge in [-0.1, -0.05) is 48.5 Å². The molecule has 2 heterocycles. The third kappa shape index (κ3) is 5.61. The number of urea groups is 1. The zero-order chi connectivity index (χ0) is 24.2. The minimum absolute atomic E-state index is 0.0255. The largest absolute Gasteiger partial charge is 0.338 e. The minimum atomic E-state index is -0.122. The predicted octanol–water partition coefficient (Wildman–Crippen LogP) is 4.15. The number of benzene rings is 2. The second-order valence-corrected chi connectivity index (χ2v) is 10.3. The van der Waals surface area contributed by atoms with Gasteiger partial charge in [-0.3, -0.25) is 4.79 Å². The zero-order valence-corrected chi connectivity index (χ0v) is 20.9. The van der Waals surface area contributed by atoms with Crippen molar-refractivity contribution in [3.05, 3.63) is 70.8 Å². The molecule has 3 atom stereocenters. The van der Waals surface area contributed by atoms with E-state index in [1.165, 1.54) is 0 Å². The van der Waals surface area contributed by atoms with E-state index in [2.05, 4.69) is 32.6 Å². The van der Waals surface area contributed by atoms with Crippen molar-refractivity contribution >= 4 is 11.9 Å². The van der Waals surface area contributed by atoms with Gasteiger partial charge in [-0.25, -0.2) is 4.79 Å². The summed E-state index contributed by atoms with van der Waals surface area (Å²) in [5, 5.41) is 6.10. The highest BCUT2D eigenvalue weighted by Crippen LogP contribution is 2.33. The van der Waals surface area contributed by atoms with E-state index in [1.54, 1.807) is 0 Å². The van der Waals surface area contributed by atoms with Crippen LogP contribution in [0.2, 0.25) is 0 Å². The quantitative estimate of drug-likeness (QED) is 0.650. The van der Waals surface area contributed by atoms with Crippen molar-refractivity contribution in [2.24, 2.45) is 11.8 Å². The summed E-state index contributed by atoms with van der Waals surface area (Å²) in [5.41, 5.74) is 4.12. The van der Waals surface area contributed by atoms with Crippen LogP contribution in [0.5, 0.6) is 0 Å². The fraction of sp³-hybridized carbons (Fsp3) is 0.500. The Balaban J connectivity index is 1.33. The van der Waals surface area contributed by atoms with Crippen molar-refractivity contribution in [3.63, 3.8) is 0 Å². The number of nitrogens with zero attached hydrogens (tertiary/aromatic N) is 2. The molecule has 34 heavy (non-hydrogen) atoms. The number of nitrogens with one attached hydrogen (secondary N) is 2. The molecular weight excluding hydrogens is 424 g/mol. The smallest absolute Gasteiger partial charge is 0.315 e. The summed E-state index contributed by atoms with van der Waals surface area (Å²) in [7, 11) is 0. The van der Waals surface area contributed by atoms with E-state index in [4.69, 9.17) is 0 Å². The Morgan fingerprint density at radius 2 is 1.50 bits per heavy atom. The van der Waals surface area contributed by atoms with Crippen LogP contribution in [-0.2, 0) is 0 Å². The highest BCUT2D eigenvalue weighted by molar-refractivity contribution is 5.97. The lowest BCUT2D eigenvalue weighted by Crippen LogP contribution is -2.42. The molecular formula is C28H38N4O2. The first-order valence-corrected chi connectivity index (χ1v) is 12.5. The Hall–Kier alpha value is -2.86. The fourth-order valence-corrected chi connectivity index (χ4v) is 5.53. The molecule has 2 aromatic rings. The van der Waals surface area contributed by atoms with E-state index in [0.717, 1.165) is 61.4 Å². The lowest BCUT2D eigenvalue weighted by molar-refractivity contribution is 0.0772. The summed E-state index contributed by atoms with van der Waals surface area (Å²) in [4.78, 5) is 30.2. The van der Waals surface area contributed by atoms with Crippen LogP contribution in [0.15, 0.2) is 48.5 Å². The number of aryl methyl sites for hydroxylation is 2. The van der Waals surface area contributed by atoms with Gasteiger partial charge in [0.2, 0.25) is 0 Å². The highest BCUT2D eigenvalue weighted by Gasteiger charge is 2.42. The maximum Gasteiger partial charge on any atom is 0.315 e. The Morgan fingerprint density at radius 3 is 2.09 bits per heavy atom. The number of rotatable bonds is 7. The first-order chi connectivity index (χ1) is 16.3. The Morgan fingerprint density at radius 1 is 0.882 bits per heavy atom. The molecule has 6 nitrogen and oxygen atoms in total. The van der Waals surface area contributed by atoms with Crippen molar-refractivity contribution < 1.29 is 9.59 Å². The summed E-state index contributed by atoms with van der Waals surface area (Å²) in [6, 6.07) is 16.2.